The third-order valence-corrected chi connectivity index (χ3v) is 4.76. The zero-order valence-corrected chi connectivity index (χ0v) is 12.9. The predicted octanol–water partition coefficient (Wildman–Crippen LogP) is 2.65. The summed E-state index contributed by atoms with van der Waals surface area (Å²) in [5, 5.41) is 11.8. The molecule has 1 amide bonds. The molecule has 0 aromatic rings. The van der Waals surface area contributed by atoms with E-state index in [2.05, 4.69) is 5.32 Å². The lowest BCUT2D eigenvalue weighted by atomic mass is 9.72. The molecule has 1 unspecified atom stereocenters. The summed E-state index contributed by atoms with van der Waals surface area (Å²) in [6.07, 6.45) is 6.34. The first-order valence-corrected chi connectivity index (χ1v) is 8.17. The maximum atomic E-state index is 11.9. The standard InChI is InChI=1S/C16H25NO5/c18-12-5-4-6-13(9-12)22-15(21)17-11-16(10-14(19)20)7-2-1-3-8-16/h13H,1-11H2,(H,17,21)(H,19,20). The number of carboxylic acids is 1. The van der Waals surface area contributed by atoms with Crippen molar-refractivity contribution >= 4 is 17.8 Å². The zero-order valence-electron chi connectivity index (χ0n) is 12.9. The highest BCUT2D eigenvalue weighted by atomic mass is 16.6. The Labute approximate surface area is 130 Å². The van der Waals surface area contributed by atoms with Crippen molar-refractivity contribution in [3.8, 4) is 0 Å². The molecule has 0 spiro atoms. The van der Waals surface area contributed by atoms with E-state index in [0.717, 1.165) is 44.9 Å². The average molecular weight is 311 g/mol. The highest BCUT2D eigenvalue weighted by molar-refractivity contribution is 5.80. The van der Waals surface area contributed by atoms with E-state index < -0.39 is 12.1 Å². The van der Waals surface area contributed by atoms with Crippen molar-refractivity contribution in [1.82, 2.24) is 5.32 Å². The van der Waals surface area contributed by atoms with E-state index in [-0.39, 0.29) is 23.7 Å². The van der Waals surface area contributed by atoms with Crippen molar-refractivity contribution in [2.75, 3.05) is 6.54 Å². The van der Waals surface area contributed by atoms with Crippen molar-refractivity contribution in [1.29, 1.82) is 0 Å². The molecular formula is C16H25NO5. The third kappa shape index (κ3) is 5.00. The molecular weight excluding hydrogens is 286 g/mol. The summed E-state index contributed by atoms with van der Waals surface area (Å²) in [4.78, 5) is 34.3. The molecule has 0 aromatic carbocycles. The molecule has 22 heavy (non-hydrogen) atoms. The van der Waals surface area contributed by atoms with E-state index in [4.69, 9.17) is 9.84 Å². The van der Waals surface area contributed by atoms with Gasteiger partial charge in [0.1, 0.15) is 11.9 Å². The Morgan fingerprint density at radius 3 is 2.59 bits per heavy atom. The quantitative estimate of drug-likeness (QED) is 0.814. The number of alkyl carbamates (subject to hydrolysis) is 1. The second-order valence-corrected chi connectivity index (χ2v) is 6.65. The Morgan fingerprint density at radius 2 is 1.95 bits per heavy atom. The monoisotopic (exact) mass is 311 g/mol. The molecule has 6 heteroatoms. The Bertz CT molecular complexity index is 428. The highest BCUT2D eigenvalue weighted by Gasteiger charge is 2.35. The number of ether oxygens (including phenoxy) is 1. The Hall–Kier alpha value is -1.59. The second kappa shape index (κ2) is 7.61. The lowest BCUT2D eigenvalue weighted by Crippen LogP contribution is -2.42. The molecule has 0 aromatic heterocycles. The summed E-state index contributed by atoms with van der Waals surface area (Å²) < 4.78 is 5.28. The summed E-state index contributed by atoms with van der Waals surface area (Å²) in [6, 6.07) is 0. The first-order valence-electron chi connectivity index (χ1n) is 8.17. The van der Waals surface area contributed by atoms with Gasteiger partial charge >= 0.3 is 12.1 Å². The molecule has 0 bridgehead atoms. The molecule has 2 fully saturated rings. The molecule has 1 atom stereocenters. The first kappa shape index (κ1) is 16.8. The summed E-state index contributed by atoms with van der Waals surface area (Å²) >= 11 is 0. The van der Waals surface area contributed by atoms with Gasteiger partial charge in [-0.05, 0) is 31.1 Å². The molecule has 2 rings (SSSR count). The summed E-state index contributed by atoms with van der Waals surface area (Å²) in [5.41, 5.74) is -0.356. The van der Waals surface area contributed by atoms with Crippen molar-refractivity contribution in [3.05, 3.63) is 0 Å². The molecule has 2 saturated carbocycles. The van der Waals surface area contributed by atoms with E-state index in [0.29, 0.717) is 19.4 Å². The maximum absolute atomic E-state index is 11.9. The van der Waals surface area contributed by atoms with Gasteiger partial charge in [-0.25, -0.2) is 4.79 Å². The van der Waals surface area contributed by atoms with Crippen LogP contribution in [0.3, 0.4) is 0 Å². The highest BCUT2D eigenvalue weighted by Crippen LogP contribution is 2.38. The smallest absolute Gasteiger partial charge is 0.407 e. The fourth-order valence-electron chi connectivity index (χ4n) is 3.58. The van der Waals surface area contributed by atoms with Gasteiger partial charge in [0, 0.05) is 19.4 Å². The van der Waals surface area contributed by atoms with Crippen LogP contribution in [-0.2, 0) is 14.3 Å². The van der Waals surface area contributed by atoms with Crippen molar-refractivity contribution in [3.63, 3.8) is 0 Å². The third-order valence-electron chi connectivity index (χ3n) is 4.76. The Kier molecular flexibility index (Phi) is 5.80. The Balaban J connectivity index is 1.81. The van der Waals surface area contributed by atoms with Crippen LogP contribution in [0.4, 0.5) is 4.79 Å². The minimum Gasteiger partial charge on any atom is -0.481 e. The fraction of sp³-hybridized carbons (Fsp3) is 0.812. The van der Waals surface area contributed by atoms with Crippen molar-refractivity contribution in [2.24, 2.45) is 5.41 Å². The van der Waals surface area contributed by atoms with Crippen LogP contribution in [0.15, 0.2) is 0 Å². The average Bonchev–Trinajstić information content (AvgIpc) is 2.46. The number of carbonyl (C=O) groups is 3. The number of aliphatic carboxylic acids is 1. The summed E-state index contributed by atoms with van der Waals surface area (Å²) in [6.45, 7) is 0.332. The number of ketones is 1. The number of carboxylic acid groups (broad SMARTS) is 1. The van der Waals surface area contributed by atoms with Gasteiger partial charge < -0.3 is 15.2 Å². The van der Waals surface area contributed by atoms with Crippen LogP contribution in [0.25, 0.3) is 0 Å². The van der Waals surface area contributed by atoms with Crippen LogP contribution < -0.4 is 5.32 Å². The van der Waals surface area contributed by atoms with Gasteiger partial charge in [-0.2, -0.15) is 0 Å². The minimum atomic E-state index is -0.824. The maximum Gasteiger partial charge on any atom is 0.407 e. The van der Waals surface area contributed by atoms with Crippen molar-refractivity contribution < 1.29 is 24.2 Å². The number of amides is 1. The van der Waals surface area contributed by atoms with Crippen LogP contribution in [0.1, 0.15) is 64.2 Å². The summed E-state index contributed by atoms with van der Waals surface area (Å²) in [5.74, 6) is -0.686. The van der Waals surface area contributed by atoms with Crippen LogP contribution in [0.2, 0.25) is 0 Å². The number of rotatable bonds is 5. The first-order chi connectivity index (χ1) is 10.5. The predicted molar refractivity (Wildman–Crippen MR) is 79.5 cm³/mol. The fourth-order valence-corrected chi connectivity index (χ4v) is 3.58. The number of hydrogen-bond donors (Lipinski definition) is 2. The van der Waals surface area contributed by atoms with Gasteiger partial charge in [-0.3, -0.25) is 9.59 Å². The Morgan fingerprint density at radius 1 is 1.23 bits per heavy atom. The van der Waals surface area contributed by atoms with Crippen LogP contribution in [0.5, 0.6) is 0 Å². The minimum absolute atomic E-state index is 0.0786. The molecule has 2 aliphatic carbocycles. The van der Waals surface area contributed by atoms with Gasteiger partial charge in [0.25, 0.3) is 0 Å². The zero-order chi connectivity index (χ0) is 16.0. The number of Topliss-reactive ketones (excluding diaryl/α,β-unsaturated/α-hetero) is 1. The molecule has 0 aliphatic heterocycles. The van der Waals surface area contributed by atoms with Crippen molar-refractivity contribution in [2.45, 2.75) is 70.3 Å². The number of nitrogens with one attached hydrogen (secondary N) is 1. The summed E-state index contributed by atoms with van der Waals surface area (Å²) in [7, 11) is 0. The molecule has 0 radical (unpaired) electrons. The molecule has 6 nitrogen and oxygen atoms in total. The van der Waals surface area contributed by atoms with Gasteiger partial charge in [-0.1, -0.05) is 19.3 Å². The number of carbonyl (C=O) groups excluding carboxylic acids is 2. The van der Waals surface area contributed by atoms with E-state index in [9.17, 15) is 14.4 Å². The second-order valence-electron chi connectivity index (χ2n) is 6.65. The van der Waals surface area contributed by atoms with E-state index in [1.165, 1.54) is 0 Å². The number of hydrogen-bond acceptors (Lipinski definition) is 4. The SMILES string of the molecule is O=C(O)CC1(CNC(=O)OC2CCCC(=O)C2)CCCCC1. The van der Waals surface area contributed by atoms with Gasteiger partial charge in [0.15, 0.2) is 0 Å². The molecule has 2 aliphatic rings. The van der Waals surface area contributed by atoms with Crippen LogP contribution >= 0.6 is 0 Å². The van der Waals surface area contributed by atoms with Crippen LogP contribution in [-0.4, -0.2) is 35.6 Å². The lowest BCUT2D eigenvalue weighted by Gasteiger charge is -2.36. The molecule has 0 saturated heterocycles. The topological polar surface area (TPSA) is 92.7 Å². The van der Waals surface area contributed by atoms with E-state index in [1.807, 2.05) is 0 Å². The lowest BCUT2D eigenvalue weighted by molar-refractivity contribution is -0.140. The normalized spacial score (nSPS) is 24.5. The largest absolute Gasteiger partial charge is 0.481 e. The van der Waals surface area contributed by atoms with Crippen LogP contribution in [0, 0.1) is 5.41 Å². The molecule has 2 N–H and O–H groups in total. The van der Waals surface area contributed by atoms with Gasteiger partial charge in [-0.15, -0.1) is 0 Å². The van der Waals surface area contributed by atoms with Gasteiger partial charge in [0.05, 0.1) is 6.42 Å². The van der Waals surface area contributed by atoms with E-state index in [1.54, 1.807) is 0 Å². The molecule has 124 valence electrons. The van der Waals surface area contributed by atoms with Gasteiger partial charge in [0.2, 0.25) is 0 Å². The molecule has 0 heterocycles. The van der Waals surface area contributed by atoms with E-state index >= 15 is 0 Å².